The minimum Gasteiger partial charge on any atom is -0.364 e. The molecule has 102 valence electrons. The van der Waals surface area contributed by atoms with Crippen molar-refractivity contribution < 1.29 is 0 Å². The highest BCUT2D eigenvalue weighted by Crippen LogP contribution is 2.10. The Hall–Kier alpha value is -1.89. The van der Waals surface area contributed by atoms with Crippen molar-refractivity contribution in [3.8, 4) is 0 Å². The lowest BCUT2D eigenvalue weighted by atomic mass is 10.4. The minimum atomic E-state index is -0.0408. The molecular weight excluding hydrogens is 262 g/mol. The Labute approximate surface area is 115 Å². The van der Waals surface area contributed by atoms with E-state index in [-0.39, 0.29) is 4.87 Å². The maximum absolute atomic E-state index is 11.0. The van der Waals surface area contributed by atoms with E-state index < -0.39 is 0 Å². The molecule has 0 bridgehead atoms. The molecule has 0 aliphatic rings. The quantitative estimate of drug-likeness (QED) is 0.753. The summed E-state index contributed by atoms with van der Waals surface area (Å²) in [4.78, 5) is 22.4. The van der Waals surface area contributed by atoms with Crippen molar-refractivity contribution in [3.63, 3.8) is 0 Å². The number of H-pyrrole nitrogens is 1. The van der Waals surface area contributed by atoms with Crippen LogP contribution in [0.15, 0.2) is 16.2 Å². The van der Waals surface area contributed by atoms with Crippen LogP contribution in [0.4, 0.5) is 11.8 Å². The lowest BCUT2D eigenvalue weighted by molar-refractivity contribution is 0.941. The highest BCUT2D eigenvalue weighted by molar-refractivity contribution is 7.07. The highest BCUT2D eigenvalue weighted by Gasteiger charge is 2.02. The molecule has 2 heterocycles. The molecule has 2 aromatic heterocycles. The standard InChI is InChI=1S/C12H17N5OS/c1-3-4-13-11-15-8(2)5-10(17-11)14-6-9-7-19-12(18)16-9/h5,7H,3-4,6H2,1-2H3,(H,16,18)(H2,13,14,15,17). The molecule has 3 N–H and O–H groups in total. The van der Waals surface area contributed by atoms with E-state index in [9.17, 15) is 4.79 Å². The Balaban J connectivity index is 2.02. The Kier molecular flexibility index (Phi) is 4.51. The molecule has 0 spiro atoms. The van der Waals surface area contributed by atoms with Gasteiger partial charge in [0.15, 0.2) is 0 Å². The van der Waals surface area contributed by atoms with Gasteiger partial charge in [0.25, 0.3) is 0 Å². The van der Waals surface area contributed by atoms with E-state index in [1.54, 1.807) is 5.38 Å². The fraction of sp³-hybridized carbons (Fsp3) is 0.417. The van der Waals surface area contributed by atoms with Crippen LogP contribution < -0.4 is 15.5 Å². The molecule has 0 unspecified atom stereocenters. The van der Waals surface area contributed by atoms with Crippen LogP contribution >= 0.6 is 11.3 Å². The van der Waals surface area contributed by atoms with Crippen LogP contribution in [0.25, 0.3) is 0 Å². The first-order chi connectivity index (χ1) is 9.17. The van der Waals surface area contributed by atoms with Crippen molar-refractivity contribution in [1.82, 2.24) is 15.0 Å². The van der Waals surface area contributed by atoms with Crippen LogP contribution in [0.5, 0.6) is 0 Å². The van der Waals surface area contributed by atoms with Crippen LogP contribution in [0.2, 0.25) is 0 Å². The molecule has 6 nitrogen and oxygen atoms in total. The van der Waals surface area contributed by atoms with Crippen molar-refractivity contribution in [2.45, 2.75) is 26.8 Å². The van der Waals surface area contributed by atoms with Gasteiger partial charge in [0.2, 0.25) is 5.95 Å². The Bertz CT molecular complexity index is 592. The van der Waals surface area contributed by atoms with Crippen molar-refractivity contribution in [2.24, 2.45) is 0 Å². The first kappa shape index (κ1) is 13.5. The fourth-order valence-corrected chi connectivity index (χ4v) is 2.14. The van der Waals surface area contributed by atoms with Gasteiger partial charge in [-0.15, -0.1) is 0 Å². The second-order valence-electron chi connectivity index (χ2n) is 4.17. The molecular formula is C12H17N5OS. The van der Waals surface area contributed by atoms with Crippen LogP contribution in [0, 0.1) is 6.92 Å². The molecule has 0 saturated heterocycles. The van der Waals surface area contributed by atoms with Gasteiger partial charge < -0.3 is 15.6 Å². The molecule has 2 aromatic rings. The molecule has 0 aromatic carbocycles. The normalized spacial score (nSPS) is 10.4. The van der Waals surface area contributed by atoms with E-state index in [1.165, 1.54) is 0 Å². The highest BCUT2D eigenvalue weighted by atomic mass is 32.1. The zero-order valence-electron chi connectivity index (χ0n) is 11.0. The van der Waals surface area contributed by atoms with Crippen molar-refractivity contribution in [2.75, 3.05) is 17.2 Å². The first-order valence-corrected chi connectivity index (χ1v) is 7.05. The smallest absolute Gasteiger partial charge is 0.304 e. The largest absolute Gasteiger partial charge is 0.364 e. The van der Waals surface area contributed by atoms with Crippen molar-refractivity contribution in [3.05, 3.63) is 32.5 Å². The third-order valence-electron chi connectivity index (χ3n) is 2.42. The van der Waals surface area contributed by atoms with Gasteiger partial charge >= 0.3 is 4.87 Å². The summed E-state index contributed by atoms with van der Waals surface area (Å²) in [6.45, 7) is 5.41. The van der Waals surface area contributed by atoms with E-state index in [0.29, 0.717) is 12.5 Å². The number of aryl methyl sites for hydroxylation is 1. The molecule has 0 atom stereocenters. The van der Waals surface area contributed by atoms with Crippen LogP contribution in [-0.4, -0.2) is 21.5 Å². The maximum Gasteiger partial charge on any atom is 0.304 e. The average molecular weight is 279 g/mol. The van der Waals surface area contributed by atoms with Crippen LogP contribution in [0.3, 0.4) is 0 Å². The molecule has 7 heteroatoms. The number of aromatic nitrogens is 3. The molecule has 0 amide bonds. The first-order valence-electron chi connectivity index (χ1n) is 6.17. The average Bonchev–Trinajstić information content (AvgIpc) is 2.79. The van der Waals surface area contributed by atoms with Crippen molar-refractivity contribution >= 4 is 23.1 Å². The maximum atomic E-state index is 11.0. The second kappa shape index (κ2) is 6.33. The third kappa shape index (κ3) is 4.06. The molecule has 0 radical (unpaired) electrons. The lowest BCUT2D eigenvalue weighted by Gasteiger charge is -2.08. The van der Waals surface area contributed by atoms with E-state index in [2.05, 4.69) is 32.5 Å². The predicted molar refractivity (Wildman–Crippen MR) is 77.8 cm³/mol. The van der Waals surface area contributed by atoms with Gasteiger partial charge in [0.05, 0.1) is 6.54 Å². The van der Waals surface area contributed by atoms with Gasteiger partial charge in [-0.1, -0.05) is 18.3 Å². The summed E-state index contributed by atoms with van der Waals surface area (Å²) in [5, 5.41) is 8.14. The molecule has 0 aliphatic carbocycles. The summed E-state index contributed by atoms with van der Waals surface area (Å²) < 4.78 is 0. The summed E-state index contributed by atoms with van der Waals surface area (Å²) in [5.41, 5.74) is 1.75. The third-order valence-corrected chi connectivity index (χ3v) is 3.14. The van der Waals surface area contributed by atoms with Crippen LogP contribution in [-0.2, 0) is 6.54 Å². The summed E-state index contributed by atoms with van der Waals surface area (Å²) in [6, 6.07) is 1.88. The summed E-state index contributed by atoms with van der Waals surface area (Å²) in [6.07, 6.45) is 1.02. The van der Waals surface area contributed by atoms with Gasteiger partial charge in [-0.3, -0.25) is 4.79 Å². The number of anilines is 2. The monoisotopic (exact) mass is 279 g/mol. The van der Waals surface area contributed by atoms with Gasteiger partial charge in [-0.25, -0.2) is 4.98 Å². The molecule has 2 rings (SSSR count). The van der Waals surface area contributed by atoms with Crippen molar-refractivity contribution in [1.29, 1.82) is 0 Å². The number of hydrogen-bond acceptors (Lipinski definition) is 6. The van der Waals surface area contributed by atoms with E-state index in [4.69, 9.17) is 0 Å². The van der Waals surface area contributed by atoms with Gasteiger partial charge in [-0.2, -0.15) is 4.98 Å². The molecule has 0 fully saturated rings. The Morgan fingerprint density at radius 2 is 2.21 bits per heavy atom. The van der Waals surface area contributed by atoms with Gasteiger partial charge in [-0.05, 0) is 13.3 Å². The van der Waals surface area contributed by atoms with Gasteiger partial charge in [0.1, 0.15) is 5.82 Å². The predicted octanol–water partition coefficient (Wildman–Crippen LogP) is 1.97. The number of rotatable bonds is 6. The SMILES string of the molecule is CCCNc1nc(C)cc(NCc2csc(=O)[nH]2)n1. The number of hydrogen-bond donors (Lipinski definition) is 3. The summed E-state index contributed by atoms with van der Waals surface area (Å²) in [5.74, 6) is 1.38. The number of thiazole rings is 1. The minimum absolute atomic E-state index is 0.0408. The van der Waals surface area contributed by atoms with Gasteiger partial charge in [0, 0.05) is 29.4 Å². The fourth-order valence-electron chi connectivity index (χ4n) is 1.56. The summed E-state index contributed by atoms with van der Waals surface area (Å²) >= 11 is 1.16. The lowest BCUT2D eigenvalue weighted by Crippen LogP contribution is -2.09. The second-order valence-corrected chi connectivity index (χ2v) is 5.01. The van der Waals surface area contributed by atoms with E-state index >= 15 is 0 Å². The van der Waals surface area contributed by atoms with Crippen LogP contribution in [0.1, 0.15) is 24.7 Å². The number of nitrogens with zero attached hydrogens (tertiary/aromatic N) is 2. The van der Waals surface area contributed by atoms with E-state index in [0.717, 1.165) is 41.5 Å². The zero-order chi connectivity index (χ0) is 13.7. The Morgan fingerprint density at radius 3 is 2.89 bits per heavy atom. The summed E-state index contributed by atoms with van der Waals surface area (Å²) in [7, 11) is 0. The van der Waals surface area contributed by atoms with E-state index in [1.807, 2.05) is 13.0 Å². The Morgan fingerprint density at radius 1 is 1.37 bits per heavy atom. The molecule has 0 saturated carbocycles. The topological polar surface area (TPSA) is 82.7 Å². The molecule has 0 aliphatic heterocycles. The number of nitrogens with one attached hydrogen (secondary N) is 3. The molecule has 19 heavy (non-hydrogen) atoms. The number of aromatic amines is 1. The zero-order valence-corrected chi connectivity index (χ0v) is 11.8.